The molecule has 0 saturated heterocycles. The minimum atomic E-state index is -1.13. The molecular weight excluding hydrogens is 487 g/mol. The van der Waals surface area contributed by atoms with E-state index in [4.69, 9.17) is 9.15 Å². The van der Waals surface area contributed by atoms with Crippen molar-refractivity contribution in [2.45, 2.75) is 19.9 Å². The molecule has 0 bridgehead atoms. The number of furan rings is 1. The fourth-order valence-corrected chi connectivity index (χ4v) is 5.24. The molecule has 10 heteroatoms. The number of anilines is 1. The number of Topliss-reactive ketones (excluding diaryl/α,β-unsaturated/α-hetero) is 2. The lowest BCUT2D eigenvalue weighted by atomic mass is 9.95. The van der Waals surface area contributed by atoms with Crippen molar-refractivity contribution < 1.29 is 33.0 Å². The molecule has 4 aromatic rings. The maximum absolute atomic E-state index is 13.7. The molecule has 36 heavy (non-hydrogen) atoms. The summed E-state index contributed by atoms with van der Waals surface area (Å²) in [5.41, 5.74) is 0.867. The Labute approximate surface area is 208 Å². The van der Waals surface area contributed by atoms with Crippen LogP contribution < -0.4 is 9.64 Å². The zero-order chi connectivity index (χ0) is 25.7. The van der Waals surface area contributed by atoms with E-state index in [0.717, 1.165) is 16.2 Å². The van der Waals surface area contributed by atoms with Gasteiger partial charge in [0.1, 0.15) is 5.82 Å². The number of aliphatic hydroxyl groups is 1. The third-order valence-electron chi connectivity index (χ3n) is 5.90. The lowest BCUT2D eigenvalue weighted by Gasteiger charge is -2.24. The van der Waals surface area contributed by atoms with Crippen molar-refractivity contribution >= 4 is 44.9 Å². The number of thiazole rings is 1. The number of methoxy groups -OCH3 is 1. The van der Waals surface area contributed by atoms with Crippen LogP contribution in [-0.4, -0.2) is 34.7 Å². The average Bonchev–Trinajstić information content (AvgIpc) is 3.53. The first-order valence-electron chi connectivity index (χ1n) is 10.8. The molecule has 182 valence electrons. The molecule has 1 aliphatic heterocycles. The van der Waals surface area contributed by atoms with Crippen molar-refractivity contribution in [3.8, 4) is 5.75 Å². The van der Waals surface area contributed by atoms with Gasteiger partial charge in [0.25, 0.3) is 5.91 Å². The summed E-state index contributed by atoms with van der Waals surface area (Å²) in [5, 5.41) is 11.6. The Balaban J connectivity index is 1.66. The maximum atomic E-state index is 13.7. The Morgan fingerprint density at radius 3 is 2.56 bits per heavy atom. The number of aryl methyl sites for hydroxylation is 1. The smallest absolute Gasteiger partial charge is 0.296 e. The monoisotopic (exact) mass is 506 g/mol. The number of halogens is 1. The highest BCUT2D eigenvalue weighted by Crippen LogP contribution is 2.44. The number of carbonyl (C=O) groups is 3. The molecule has 0 fully saturated rings. The van der Waals surface area contributed by atoms with Crippen LogP contribution in [0.15, 0.2) is 64.3 Å². The topological polar surface area (TPSA) is 110 Å². The van der Waals surface area contributed by atoms with Crippen molar-refractivity contribution in [3.63, 3.8) is 0 Å². The van der Waals surface area contributed by atoms with E-state index in [1.54, 1.807) is 25.1 Å². The first-order chi connectivity index (χ1) is 17.2. The van der Waals surface area contributed by atoms with Crippen LogP contribution >= 0.6 is 11.3 Å². The van der Waals surface area contributed by atoms with Gasteiger partial charge in [-0.25, -0.2) is 9.37 Å². The Kier molecular flexibility index (Phi) is 5.68. The summed E-state index contributed by atoms with van der Waals surface area (Å²) in [6.45, 7) is 3.01. The van der Waals surface area contributed by atoms with Gasteiger partial charge in [0.05, 0.1) is 29.3 Å². The number of para-hydroxylation sites is 1. The largest absolute Gasteiger partial charge is 0.503 e. The highest BCUT2D eigenvalue weighted by atomic mass is 32.1. The van der Waals surface area contributed by atoms with Crippen molar-refractivity contribution in [1.29, 1.82) is 0 Å². The number of fused-ring (bicyclic) bond motifs is 1. The lowest BCUT2D eigenvalue weighted by Crippen LogP contribution is -2.31. The van der Waals surface area contributed by atoms with Gasteiger partial charge in [0, 0.05) is 12.3 Å². The number of aliphatic hydroxyl groups excluding tert-OH is 1. The van der Waals surface area contributed by atoms with E-state index in [1.807, 2.05) is 0 Å². The number of hydrogen-bond donors (Lipinski definition) is 1. The number of amides is 1. The van der Waals surface area contributed by atoms with Crippen molar-refractivity contribution in [2.75, 3.05) is 12.0 Å². The summed E-state index contributed by atoms with van der Waals surface area (Å²) in [4.78, 5) is 44.8. The third kappa shape index (κ3) is 3.66. The van der Waals surface area contributed by atoms with E-state index in [1.165, 1.54) is 44.4 Å². The molecule has 1 amide bonds. The molecule has 0 aliphatic carbocycles. The molecule has 0 radical (unpaired) electrons. The Hall–Kier alpha value is -4.31. The van der Waals surface area contributed by atoms with E-state index in [-0.39, 0.29) is 22.2 Å². The molecule has 1 unspecified atom stereocenters. The molecule has 8 nitrogen and oxygen atoms in total. The van der Waals surface area contributed by atoms with E-state index in [9.17, 15) is 23.9 Å². The molecule has 0 spiro atoms. The Bertz CT molecular complexity index is 1580. The first-order valence-corrected chi connectivity index (χ1v) is 11.6. The number of hydrogen-bond acceptors (Lipinski definition) is 8. The summed E-state index contributed by atoms with van der Waals surface area (Å²) in [5.74, 6) is -2.81. The van der Waals surface area contributed by atoms with Gasteiger partial charge in [-0.05, 0) is 36.8 Å². The zero-order valence-electron chi connectivity index (χ0n) is 19.4. The summed E-state index contributed by atoms with van der Waals surface area (Å²) < 4.78 is 24.8. The van der Waals surface area contributed by atoms with Gasteiger partial charge in [-0.15, -0.1) is 0 Å². The highest BCUT2D eigenvalue weighted by molar-refractivity contribution is 7.17. The molecular formula is C26H19FN2O6S. The van der Waals surface area contributed by atoms with Crippen LogP contribution in [0.3, 0.4) is 0 Å². The molecule has 3 heterocycles. The molecule has 0 saturated carbocycles. The van der Waals surface area contributed by atoms with Gasteiger partial charge in [-0.1, -0.05) is 35.6 Å². The first kappa shape index (κ1) is 23.4. The standard InChI is InChI=1S/C26H19FN2O6S/c1-12-24(13(2)30)36-26(28-12)29-20(14-7-9-16(27)10-8-14)19(22(32)25(29)33)21(31)18-11-15-5-4-6-17(34-3)23(15)35-18/h4-11,20,32H,1-3H3. The minimum Gasteiger partial charge on any atom is -0.503 e. The van der Waals surface area contributed by atoms with Gasteiger partial charge in [0.2, 0.25) is 5.78 Å². The fraction of sp³-hybridized carbons (Fsp3) is 0.154. The number of ether oxygens (including phenoxy) is 1. The normalized spacial score (nSPS) is 15.7. The van der Waals surface area contributed by atoms with Crippen LogP contribution in [0.4, 0.5) is 9.52 Å². The summed E-state index contributed by atoms with van der Waals surface area (Å²) >= 11 is 0.972. The van der Waals surface area contributed by atoms with Crippen LogP contribution in [0.25, 0.3) is 11.0 Å². The van der Waals surface area contributed by atoms with E-state index >= 15 is 0 Å². The second-order valence-corrected chi connectivity index (χ2v) is 9.15. The van der Waals surface area contributed by atoms with Crippen LogP contribution in [-0.2, 0) is 4.79 Å². The average molecular weight is 507 g/mol. The van der Waals surface area contributed by atoms with E-state index in [2.05, 4.69) is 4.98 Å². The van der Waals surface area contributed by atoms with Crippen LogP contribution in [0.1, 0.15) is 44.4 Å². The summed E-state index contributed by atoms with van der Waals surface area (Å²) in [6, 6.07) is 10.7. The number of rotatable bonds is 6. The number of benzene rings is 2. The van der Waals surface area contributed by atoms with Gasteiger partial charge >= 0.3 is 0 Å². The van der Waals surface area contributed by atoms with Gasteiger partial charge in [0.15, 0.2) is 33.8 Å². The zero-order valence-corrected chi connectivity index (χ0v) is 20.2. The predicted molar refractivity (Wildman–Crippen MR) is 130 cm³/mol. The number of carbonyl (C=O) groups excluding carboxylic acids is 3. The summed E-state index contributed by atoms with van der Waals surface area (Å²) in [6.07, 6.45) is 0. The second-order valence-electron chi connectivity index (χ2n) is 8.18. The minimum absolute atomic E-state index is 0.113. The molecule has 1 aliphatic rings. The fourth-order valence-electron chi connectivity index (χ4n) is 4.25. The molecule has 1 N–H and O–H groups in total. The van der Waals surface area contributed by atoms with Crippen molar-refractivity contribution in [3.05, 3.63) is 87.6 Å². The van der Waals surface area contributed by atoms with Gasteiger partial charge in [-0.3, -0.25) is 19.3 Å². The number of ketones is 2. The lowest BCUT2D eigenvalue weighted by molar-refractivity contribution is -0.117. The van der Waals surface area contributed by atoms with Crippen LogP contribution in [0, 0.1) is 12.7 Å². The Morgan fingerprint density at radius 2 is 1.92 bits per heavy atom. The number of nitrogens with zero attached hydrogens (tertiary/aromatic N) is 2. The van der Waals surface area contributed by atoms with Crippen molar-refractivity contribution in [1.82, 2.24) is 4.98 Å². The van der Waals surface area contributed by atoms with Crippen LogP contribution in [0.5, 0.6) is 5.75 Å². The van der Waals surface area contributed by atoms with E-state index < -0.39 is 29.3 Å². The third-order valence-corrected chi connectivity index (χ3v) is 7.16. The quantitative estimate of drug-likeness (QED) is 0.352. The SMILES string of the molecule is COc1cccc2cc(C(=O)C3=C(O)C(=O)N(c4nc(C)c(C(C)=O)s4)C3c3ccc(F)cc3)oc12. The van der Waals surface area contributed by atoms with Gasteiger partial charge in [-0.2, -0.15) is 0 Å². The van der Waals surface area contributed by atoms with E-state index in [0.29, 0.717) is 32.9 Å². The molecule has 2 aromatic carbocycles. The van der Waals surface area contributed by atoms with Gasteiger partial charge < -0.3 is 14.3 Å². The van der Waals surface area contributed by atoms with Crippen molar-refractivity contribution in [2.24, 2.45) is 0 Å². The van der Waals surface area contributed by atoms with Crippen LogP contribution in [0.2, 0.25) is 0 Å². The second kappa shape index (κ2) is 8.72. The number of aromatic nitrogens is 1. The Morgan fingerprint density at radius 1 is 1.19 bits per heavy atom. The molecule has 2 aromatic heterocycles. The predicted octanol–water partition coefficient (Wildman–Crippen LogP) is 5.33. The maximum Gasteiger partial charge on any atom is 0.296 e. The highest BCUT2D eigenvalue weighted by Gasteiger charge is 2.46. The molecule has 1 atom stereocenters. The molecule has 5 rings (SSSR count). The summed E-state index contributed by atoms with van der Waals surface area (Å²) in [7, 11) is 1.47.